The summed E-state index contributed by atoms with van der Waals surface area (Å²) in [7, 11) is 0. The number of unbranched alkanes of at least 4 members (excludes halogenated alkanes) is 3. The second kappa shape index (κ2) is 28.8. The van der Waals surface area contributed by atoms with E-state index < -0.39 is 29.7 Å². The third-order valence-electron chi connectivity index (χ3n) is 8.36. The Balaban J connectivity index is 1.02. The molecule has 1 fully saturated rings. The first-order valence-electron chi connectivity index (χ1n) is 19.3. The topological polar surface area (TPSA) is 196 Å². The standard InChI is InChI=1S/C38H59N3O14/c1-2-3-4-5-9-34(43)55-29-28-54-27-26-53-25-24-52-23-22-51-21-20-50-19-18-49-17-16-48-15-14-47-13-12-39-31-8-6-7-30-35(31)38(46)41(37(30)45)32-10-11-33(42)40-36(32)44/h6-8,32,39H,2-5,9-29H2,1H3,(H,40,42,44). The zero-order valence-electron chi connectivity index (χ0n) is 32.1. The molecule has 0 spiro atoms. The van der Waals surface area contributed by atoms with E-state index in [1.54, 1.807) is 18.2 Å². The lowest BCUT2D eigenvalue weighted by molar-refractivity contribution is -0.145. The van der Waals surface area contributed by atoms with Gasteiger partial charge in [0.25, 0.3) is 11.8 Å². The van der Waals surface area contributed by atoms with Crippen molar-refractivity contribution in [3.05, 3.63) is 29.3 Å². The Morgan fingerprint density at radius 1 is 0.673 bits per heavy atom. The Morgan fingerprint density at radius 3 is 1.69 bits per heavy atom. The first-order chi connectivity index (χ1) is 26.9. The molecule has 55 heavy (non-hydrogen) atoms. The maximum absolute atomic E-state index is 13.2. The van der Waals surface area contributed by atoms with Crippen LogP contribution in [0.2, 0.25) is 0 Å². The van der Waals surface area contributed by atoms with Crippen molar-refractivity contribution in [3.63, 3.8) is 0 Å². The molecule has 2 aliphatic rings. The summed E-state index contributed by atoms with van der Waals surface area (Å²) in [5.74, 6) is -2.34. The lowest BCUT2D eigenvalue weighted by atomic mass is 10.0. The number of ether oxygens (including phenoxy) is 9. The van der Waals surface area contributed by atoms with Crippen LogP contribution in [0.25, 0.3) is 0 Å². The van der Waals surface area contributed by atoms with Gasteiger partial charge in [-0.15, -0.1) is 0 Å². The van der Waals surface area contributed by atoms with E-state index in [0.717, 1.165) is 30.6 Å². The minimum Gasteiger partial charge on any atom is -0.463 e. The molecule has 1 unspecified atom stereocenters. The van der Waals surface area contributed by atoms with Crippen LogP contribution in [0, 0.1) is 0 Å². The van der Waals surface area contributed by atoms with Gasteiger partial charge >= 0.3 is 5.97 Å². The Labute approximate surface area is 323 Å². The van der Waals surface area contributed by atoms with Gasteiger partial charge in [0.1, 0.15) is 12.6 Å². The molecular formula is C38H59N3O14. The molecule has 0 aliphatic carbocycles. The summed E-state index contributed by atoms with van der Waals surface area (Å²) in [6, 6.07) is 3.90. The summed E-state index contributed by atoms with van der Waals surface area (Å²) in [5, 5.41) is 5.33. The highest BCUT2D eigenvalue weighted by molar-refractivity contribution is 6.25. The smallest absolute Gasteiger partial charge is 0.305 e. The Bertz CT molecular complexity index is 1300. The molecule has 0 saturated carbocycles. The molecule has 310 valence electrons. The van der Waals surface area contributed by atoms with Crippen LogP contribution in [0.3, 0.4) is 0 Å². The third kappa shape index (κ3) is 18.3. The van der Waals surface area contributed by atoms with Crippen molar-refractivity contribution in [1.29, 1.82) is 0 Å². The van der Waals surface area contributed by atoms with Gasteiger partial charge in [0.05, 0.1) is 117 Å². The molecule has 1 aromatic carbocycles. The number of nitrogens with zero attached hydrogens (tertiary/aromatic N) is 1. The molecule has 3 rings (SSSR count). The van der Waals surface area contributed by atoms with Crippen molar-refractivity contribution in [2.24, 2.45) is 0 Å². The second-order valence-corrected chi connectivity index (χ2v) is 12.5. The van der Waals surface area contributed by atoms with Gasteiger partial charge in [-0.3, -0.25) is 34.2 Å². The Kier molecular flexibility index (Phi) is 24.0. The fraction of sp³-hybridized carbons (Fsp3) is 0.711. The van der Waals surface area contributed by atoms with Crippen LogP contribution in [0.5, 0.6) is 0 Å². The van der Waals surface area contributed by atoms with Crippen LogP contribution in [0.15, 0.2) is 18.2 Å². The number of carbonyl (C=O) groups excluding carboxylic acids is 5. The van der Waals surface area contributed by atoms with Crippen LogP contribution in [0.4, 0.5) is 5.69 Å². The average Bonchev–Trinajstić information content (AvgIpc) is 3.43. The number of hydrogen-bond acceptors (Lipinski definition) is 15. The molecule has 0 aromatic heterocycles. The van der Waals surface area contributed by atoms with E-state index in [1.165, 1.54) is 0 Å². The summed E-state index contributed by atoms with van der Waals surface area (Å²) >= 11 is 0. The van der Waals surface area contributed by atoms with E-state index in [1.807, 2.05) is 0 Å². The van der Waals surface area contributed by atoms with Crippen LogP contribution in [-0.4, -0.2) is 159 Å². The lowest BCUT2D eigenvalue weighted by Crippen LogP contribution is -2.54. The largest absolute Gasteiger partial charge is 0.463 e. The number of anilines is 1. The van der Waals surface area contributed by atoms with E-state index in [4.69, 9.17) is 42.6 Å². The molecule has 1 saturated heterocycles. The summed E-state index contributed by atoms with van der Waals surface area (Å²) in [5.41, 5.74) is 0.901. The minimum atomic E-state index is -1.01. The maximum atomic E-state index is 13.2. The predicted octanol–water partition coefficient (Wildman–Crippen LogP) is 2.15. The fourth-order valence-electron chi connectivity index (χ4n) is 5.54. The van der Waals surface area contributed by atoms with Gasteiger partial charge in [0, 0.05) is 25.1 Å². The van der Waals surface area contributed by atoms with Gasteiger partial charge in [-0.2, -0.15) is 0 Å². The highest BCUT2D eigenvalue weighted by Crippen LogP contribution is 2.32. The quantitative estimate of drug-likeness (QED) is 0.0586. The Hall–Kier alpha value is -3.55. The van der Waals surface area contributed by atoms with Crippen LogP contribution in [-0.2, 0) is 57.0 Å². The third-order valence-corrected chi connectivity index (χ3v) is 8.36. The van der Waals surface area contributed by atoms with E-state index in [-0.39, 0.29) is 36.5 Å². The van der Waals surface area contributed by atoms with E-state index >= 15 is 0 Å². The Morgan fingerprint density at radius 2 is 1.18 bits per heavy atom. The fourth-order valence-corrected chi connectivity index (χ4v) is 5.54. The first-order valence-corrected chi connectivity index (χ1v) is 19.3. The molecule has 17 heteroatoms. The molecule has 0 bridgehead atoms. The van der Waals surface area contributed by atoms with Crippen LogP contribution >= 0.6 is 0 Å². The monoisotopic (exact) mass is 781 g/mol. The molecule has 0 radical (unpaired) electrons. The summed E-state index contributed by atoms with van der Waals surface area (Å²) in [6.07, 6.45) is 4.86. The highest BCUT2D eigenvalue weighted by atomic mass is 16.6. The zero-order valence-corrected chi connectivity index (χ0v) is 32.1. The van der Waals surface area contributed by atoms with E-state index in [0.29, 0.717) is 124 Å². The SMILES string of the molecule is CCCCCCC(=O)OCCOCCOCCOCCOCCOCCOCCOCCOCCNc1cccc2c1C(=O)N(C1CCC(=O)NC1=O)C2=O. The molecular weight excluding hydrogens is 722 g/mol. The van der Waals surface area contributed by atoms with Crippen LogP contribution < -0.4 is 10.6 Å². The van der Waals surface area contributed by atoms with Crippen molar-refractivity contribution < 1.29 is 66.6 Å². The van der Waals surface area contributed by atoms with Gasteiger partial charge in [0.15, 0.2) is 0 Å². The van der Waals surface area contributed by atoms with Crippen molar-refractivity contribution in [2.45, 2.75) is 57.9 Å². The molecule has 2 aliphatic heterocycles. The van der Waals surface area contributed by atoms with Crippen molar-refractivity contribution in [3.8, 4) is 0 Å². The maximum Gasteiger partial charge on any atom is 0.305 e. The summed E-state index contributed by atoms with van der Waals surface area (Å²) in [4.78, 5) is 62.4. The van der Waals surface area contributed by atoms with Crippen LogP contribution in [0.1, 0.15) is 72.6 Å². The molecule has 17 nitrogen and oxygen atoms in total. The number of benzene rings is 1. The number of esters is 1. The number of hydrogen-bond donors (Lipinski definition) is 2. The number of piperidine rings is 1. The molecule has 2 N–H and O–H groups in total. The number of imide groups is 2. The summed E-state index contributed by atoms with van der Waals surface area (Å²) in [6.45, 7) is 9.60. The van der Waals surface area contributed by atoms with Crippen molar-refractivity contribution >= 4 is 35.3 Å². The molecule has 1 atom stereocenters. The van der Waals surface area contributed by atoms with Gasteiger partial charge < -0.3 is 47.9 Å². The molecule has 2 heterocycles. The molecule has 1 aromatic rings. The van der Waals surface area contributed by atoms with Gasteiger partial charge in [-0.25, -0.2) is 0 Å². The van der Waals surface area contributed by atoms with Gasteiger partial charge in [-0.1, -0.05) is 32.3 Å². The van der Waals surface area contributed by atoms with Crippen molar-refractivity contribution in [2.75, 3.05) is 124 Å². The molecule has 4 amide bonds. The van der Waals surface area contributed by atoms with Gasteiger partial charge in [0.2, 0.25) is 11.8 Å². The second-order valence-electron chi connectivity index (χ2n) is 12.5. The number of amides is 4. The zero-order chi connectivity index (χ0) is 39.4. The average molecular weight is 782 g/mol. The number of fused-ring (bicyclic) bond motifs is 1. The number of carbonyl (C=O) groups is 5. The predicted molar refractivity (Wildman–Crippen MR) is 198 cm³/mol. The van der Waals surface area contributed by atoms with Crippen molar-refractivity contribution in [1.82, 2.24) is 10.2 Å². The number of nitrogens with one attached hydrogen (secondary N) is 2. The minimum absolute atomic E-state index is 0.0642. The van der Waals surface area contributed by atoms with Gasteiger partial charge in [-0.05, 0) is 25.0 Å². The first kappa shape index (κ1) is 45.8. The lowest BCUT2D eigenvalue weighted by Gasteiger charge is -2.27. The summed E-state index contributed by atoms with van der Waals surface area (Å²) < 4.78 is 49.0. The number of rotatable bonds is 34. The van der Waals surface area contributed by atoms with E-state index in [9.17, 15) is 24.0 Å². The normalized spacial score (nSPS) is 15.4. The highest BCUT2D eigenvalue weighted by Gasteiger charge is 2.45. The van der Waals surface area contributed by atoms with E-state index in [2.05, 4.69) is 17.6 Å².